The molecular weight excluding hydrogens is 324 g/mol. The smallest absolute Gasteiger partial charge is 0.269 e. The number of hydrogen-bond acceptors (Lipinski definition) is 4. The monoisotopic (exact) mass is 342 g/mol. The minimum atomic E-state index is -3.84. The average molecular weight is 342 g/mol. The van der Waals surface area contributed by atoms with Crippen molar-refractivity contribution in [2.45, 2.75) is 18.7 Å². The predicted molar refractivity (Wildman–Crippen MR) is 94.0 cm³/mol. The molecule has 0 radical (unpaired) electrons. The molecule has 0 spiro atoms. The van der Waals surface area contributed by atoms with Gasteiger partial charge in [-0.2, -0.15) is 0 Å². The molecule has 1 amide bonds. The number of sulfone groups is 1. The van der Waals surface area contributed by atoms with Crippen molar-refractivity contribution in [1.82, 2.24) is 5.32 Å². The summed E-state index contributed by atoms with van der Waals surface area (Å²) in [4.78, 5) is 12.6. The van der Waals surface area contributed by atoms with E-state index < -0.39 is 15.7 Å². The number of amides is 1. The van der Waals surface area contributed by atoms with Gasteiger partial charge in [-0.15, -0.1) is 0 Å². The molecule has 6 heteroatoms. The number of fused-ring (bicyclic) bond motifs is 1. The van der Waals surface area contributed by atoms with Crippen LogP contribution in [0.2, 0.25) is 0 Å². The van der Waals surface area contributed by atoms with Crippen molar-refractivity contribution in [3.63, 3.8) is 0 Å². The summed E-state index contributed by atoms with van der Waals surface area (Å²) < 4.78 is 25.6. The van der Waals surface area contributed by atoms with Gasteiger partial charge in [0.15, 0.2) is 4.91 Å². The molecule has 0 unspecified atom stereocenters. The molecule has 1 aliphatic rings. The van der Waals surface area contributed by atoms with Gasteiger partial charge in [0, 0.05) is 17.8 Å². The molecule has 0 aliphatic carbocycles. The summed E-state index contributed by atoms with van der Waals surface area (Å²) in [5.41, 5.74) is 2.51. The van der Waals surface area contributed by atoms with Crippen LogP contribution in [0.1, 0.15) is 18.1 Å². The molecule has 1 aliphatic heterocycles. The number of anilines is 1. The lowest BCUT2D eigenvalue weighted by molar-refractivity contribution is -0.112. The van der Waals surface area contributed by atoms with Crippen molar-refractivity contribution in [2.75, 3.05) is 11.9 Å². The van der Waals surface area contributed by atoms with Gasteiger partial charge in [-0.25, -0.2) is 8.42 Å². The minimum absolute atomic E-state index is 0.162. The second-order valence-electron chi connectivity index (χ2n) is 5.55. The maximum Gasteiger partial charge on any atom is 0.269 e. The molecule has 2 aromatic carbocycles. The van der Waals surface area contributed by atoms with Gasteiger partial charge in [0.2, 0.25) is 9.84 Å². The lowest BCUT2D eigenvalue weighted by Gasteiger charge is -2.09. The molecule has 0 aromatic heterocycles. The first-order valence-corrected chi connectivity index (χ1v) is 9.14. The lowest BCUT2D eigenvalue weighted by Crippen LogP contribution is -2.22. The molecular formula is C18H18N2O3S. The summed E-state index contributed by atoms with van der Waals surface area (Å²) in [6, 6.07) is 13.8. The number of aryl methyl sites for hydroxylation is 1. The maximum atomic E-state index is 12.8. The highest BCUT2D eigenvalue weighted by molar-refractivity contribution is 7.97. The number of benzene rings is 2. The molecule has 0 bridgehead atoms. The summed E-state index contributed by atoms with van der Waals surface area (Å²) in [6.07, 6.45) is 0. The van der Waals surface area contributed by atoms with E-state index in [4.69, 9.17) is 0 Å². The molecule has 5 nitrogen and oxygen atoms in total. The Balaban J connectivity index is 2.05. The predicted octanol–water partition coefficient (Wildman–Crippen LogP) is 2.70. The molecule has 2 N–H and O–H groups in total. The van der Waals surface area contributed by atoms with Gasteiger partial charge in [0.05, 0.1) is 10.6 Å². The fourth-order valence-corrected chi connectivity index (χ4v) is 4.37. The first kappa shape index (κ1) is 16.3. The van der Waals surface area contributed by atoms with Crippen molar-refractivity contribution in [2.24, 2.45) is 0 Å². The molecule has 124 valence electrons. The summed E-state index contributed by atoms with van der Waals surface area (Å²) >= 11 is 0. The van der Waals surface area contributed by atoms with Crippen molar-refractivity contribution >= 4 is 27.1 Å². The van der Waals surface area contributed by atoms with Crippen molar-refractivity contribution in [1.29, 1.82) is 0 Å². The molecule has 0 fully saturated rings. The van der Waals surface area contributed by atoms with Crippen LogP contribution in [0.15, 0.2) is 58.3 Å². The van der Waals surface area contributed by atoms with Crippen LogP contribution < -0.4 is 10.6 Å². The highest BCUT2D eigenvalue weighted by atomic mass is 32.2. The fraction of sp³-hybridized carbons (Fsp3) is 0.167. The molecule has 3 rings (SSSR count). The van der Waals surface area contributed by atoms with Crippen LogP contribution in [0.25, 0.3) is 5.70 Å². The van der Waals surface area contributed by atoms with Gasteiger partial charge < -0.3 is 10.6 Å². The largest absolute Gasteiger partial charge is 0.384 e. The van der Waals surface area contributed by atoms with Crippen LogP contribution in [0.4, 0.5) is 5.69 Å². The minimum Gasteiger partial charge on any atom is -0.384 e. The van der Waals surface area contributed by atoms with E-state index in [0.29, 0.717) is 23.5 Å². The second kappa shape index (κ2) is 6.13. The van der Waals surface area contributed by atoms with E-state index in [9.17, 15) is 13.2 Å². The van der Waals surface area contributed by atoms with E-state index in [-0.39, 0.29) is 9.80 Å². The molecule has 1 heterocycles. The van der Waals surface area contributed by atoms with Crippen molar-refractivity contribution in [3.8, 4) is 0 Å². The van der Waals surface area contributed by atoms with Gasteiger partial charge in [0.1, 0.15) is 0 Å². The molecule has 0 saturated carbocycles. The van der Waals surface area contributed by atoms with Crippen LogP contribution >= 0.6 is 0 Å². The topological polar surface area (TPSA) is 75.3 Å². The first-order valence-electron chi connectivity index (χ1n) is 7.66. The van der Waals surface area contributed by atoms with E-state index in [1.54, 1.807) is 30.3 Å². The Labute approximate surface area is 141 Å². The Kier molecular flexibility index (Phi) is 4.15. The quantitative estimate of drug-likeness (QED) is 0.896. The number of carbonyl (C=O) groups excluding carboxylic acids is 1. The van der Waals surface area contributed by atoms with Gasteiger partial charge in [-0.05, 0) is 32.0 Å². The second-order valence-corrected chi connectivity index (χ2v) is 7.41. The highest BCUT2D eigenvalue weighted by Gasteiger charge is 2.39. The molecule has 0 saturated heterocycles. The summed E-state index contributed by atoms with van der Waals surface area (Å²) in [7, 11) is -3.84. The Morgan fingerprint density at radius 1 is 1.04 bits per heavy atom. The summed E-state index contributed by atoms with van der Waals surface area (Å²) in [6.45, 7) is 4.31. The number of rotatable bonds is 4. The highest BCUT2D eigenvalue weighted by Crippen LogP contribution is 2.38. The maximum absolute atomic E-state index is 12.8. The fourth-order valence-electron chi connectivity index (χ4n) is 2.69. The Bertz CT molecular complexity index is 929. The Morgan fingerprint density at radius 2 is 1.71 bits per heavy atom. The van der Waals surface area contributed by atoms with Gasteiger partial charge in [0.25, 0.3) is 5.91 Å². The van der Waals surface area contributed by atoms with E-state index in [2.05, 4.69) is 10.6 Å². The van der Waals surface area contributed by atoms with E-state index >= 15 is 0 Å². The SMILES string of the molecule is CCNC1=C(C(=O)Nc2ccc(C)cc2)S(=O)(=O)c2ccccc21. The summed E-state index contributed by atoms with van der Waals surface area (Å²) in [5, 5.41) is 5.70. The number of nitrogens with one attached hydrogen (secondary N) is 2. The average Bonchev–Trinajstić information content (AvgIpc) is 2.78. The van der Waals surface area contributed by atoms with Crippen molar-refractivity contribution < 1.29 is 13.2 Å². The van der Waals surface area contributed by atoms with Crippen LogP contribution in [0, 0.1) is 6.92 Å². The standard InChI is InChI=1S/C18H18N2O3S/c1-3-19-16-14-6-4-5-7-15(14)24(22,23)17(16)18(21)20-13-10-8-12(2)9-11-13/h4-11,19H,3H2,1-2H3,(H,20,21). The van der Waals surface area contributed by atoms with Crippen LogP contribution in [0.3, 0.4) is 0 Å². The van der Waals surface area contributed by atoms with Crippen LogP contribution in [0.5, 0.6) is 0 Å². The van der Waals surface area contributed by atoms with E-state index in [0.717, 1.165) is 5.56 Å². The normalized spacial score (nSPS) is 15.1. The molecule has 24 heavy (non-hydrogen) atoms. The zero-order chi connectivity index (χ0) is 17.3. The lowest BCUT2D eigenvalue weighted by atomic mass is 10.1. The first-order chi connectivity index (χ1) is 11.4. The zero-order valence-corrected chi connectivity index (χ0v) is 14.3. The Hall–Kier alpha value is -2.60. The number of carbonyl (C=O) groups is 1. The number of hydrogen-bond donors (Lipinski definition) is 2. The van der Waals surface area contributed by atoms with E-state index in [1.807, 2.05) is 26.0 Å². The summed E-state index contributed by atoms with van der Waals surface area (Å²) in [5.74, 6) is -0.633. The van der Waals surface area contributed by atoms with Gasteiger partial charge in [-0.3, -0.25) is 4.79 Å². The van der Waals surface area contributed by atoms with Crippen molar-refractivity contribution in [3.05, 3.63) is 64.6 Å². The van der Waals surface area contributed by atoms with Crippen LogP contribution in [-0.4, -0.2) is 20.9 Å². The van der Waals surface area contributed by atoms with Gasteiger partial charge >= 0.3 is 0 Å². The third kappa shape index (κ3) is 2.69. The zero-order valence-electron chi connectivity index (χ0n) is 13.5. The molecule has 2 aromatic rings. The third-order valence-electron chi connectivity index (χ3n) is 3.81. The Morgan fingerprint density at radius 3 is 2.38 bits per heavy atom. The third-order valence-corrected chi connectivity index (χ3v) is 5.67. The molecule has 0 atom stereocenters. The van der Waals surface area contributed by atoms with Gasteiger partial charge in [-0.1, -0.05) is 35.9 Å². The van der Waals surface area contributed by atoms with E-state index in [1.165, 1.54) is 6.07 Å². The van der Waals surface area contributed by atoms with Crippen LogP contribution in [-0.2, 0) is 14.6 Å².